The standard InChI is InChI=1S/C11H11FN2/c12-11-2-1-8(3-5-13)9-4-6-14-7-10(9)11/h1-2,4,6-7H,3,5,13H2. The summed E-state index contributed by atoms with van der Waals surface area (Å²) in [6.45, 7) is 0.572. The van der Waals surface area contributed by atoms with Crippen LogP contribution in [-0.4, -0.2) is 11.5 Å². The van der Waals surface area contributed by atoms with Gasteiger partial charge in [-0.05, 0) is 36.0 Å². The molecule has 0 amide bonds. The van der Waals surface area contributed by atoms with Crippen LogP contribution in [0.2, 0.25) is 0 Å². The summed E-state index contributed by atoms with van der Waals surface area (Å²) in [5, 5.41) is 1.48. The molecule has 2 N–H and O–H groups in total. The Labute approximate surface area is 81.6 Å². The zero-order chi connectivity index (χ0) is 9.97. The van der Waals surface area contributed by atoms with Gasteiger partial charge in [0.1, 0.15) is 5.82 Å². The van der Waals surface area contributed by atoms with E-state index in [9.17, 15) is 4.39 Å². The third-order valence-electron chi connectivity index (χ3n) is 2.27. The second-order valence-corrected chi connectivity index (χ2v) is 3.17. The van der Waals surface area contributed by atoms with Gasteiger partial charge in [-0.2, -0.15) is 0 Å². The molecular weight excluding hydrogens is 179 g/mol. The van der Waals surface area contributed by atoms with Gasteiger partial charge in [-0.25, -0.2) is 4.39 Å². The molecule has 0 saturated heterocycles. The van der Waals surface area contributed by atoms with E-state index in [1.54, 1.807) is 18.5 Å². The van der Waals surface area contributed by atoms with E-state index in [1.807, 2.05) is 6.07 Å². The highest BCUT2D eigenvalue weighted by Crippen LogP contribution is 2.20. The van der Waals surface area contributed by atoms with Crippen molar-refractivity contribution in [3.05, 3.63) is 42.0 Å². The molecule has 2 aromatic rings. The van der Waals surface area contributed by atoms with Crippen LogP contribution in [-0.2, 0) is 6.42 Å². The molecule has 3 heteroatoms. The Morgan fingerprint density at radius 2 is 2.07 bits per heavy atom. The van der Waals surface area contributed by atoms with Crippen molar-refractivity contribution in [3.63, 3.8) is 0 Å². The van der Waals surface area contributed by atoms with E-state index < -0.39 is 0 Å². The summed E-state index contributed by atoms with van der Waals surface area (Å²) in [5.41, 5.74) is 6.56. The number of fused-ring (bicyclic) bond motifs is 1. The van der Waals surface area contributed by atoms with Crippen molar-refractivity contribution < 1.29 is 4.39 Å². The predicted molar refractivity (Wildman–Crippen MR) is 54.5 cm³/mol. The Balaban J connectivity index is 2.68. The van der Waals surface area contributed by atoms with E-state index in [0.717, 1.165) is 17.4 Å². The highest BCUT2D eigenvalue weighted by atomic mass is 19.1. The van der Waals surface area contributed by atoms with Gasteiger partial charge in [-0.3, -0.25) is 4.98 Å². The minimum atomic E-state index is -0.228. The smallest absolute Gasteiger partial charge is 0.132 e. The molecule has 1 heterocycles. The van der Waals surface area contributed by atoms with Gasteiger partial charge < -0.3 is 5.73 Å². The number of nitrogens with zero attached hydrogens (tertiary/aromatic N) is 1. The number of benzene rings is 1. The molecule has 14 heavy (non-hydrogen) atoms. The average molecular weight is 190 g/mol. The fourth-order valence-electron chi connectivity index (χ4n) is 1.59. The van der Waals surface area contributed by atoms with Crippen LogP contribution in [0.25, 0.3) is 10.8 Å². The number of nitrogens with two attached hydrogens (primary N) is 1. The van der Waals surface area contributed by atoms with Crippen molar-refractivity contribution in [1.82, 2.24) is 4.98 Å². The molecule has 1 aromatic carbocycles. The second-order valence-electron chi connectivity index (χ2n) is 3.17. The van der Waals surface area contributed by atoms with Crippen molar-refractivity contribution in [2.75, 3.05) is 6.54 Å². The van der Waals surface area contributed by atoms with Crippen LogP contribution in [0.4, 0.5) is 4.39 Å². The molecule has 0 aliphatic carbocycles. The summed E-state index contributed by atoms with van der Waals surface area (Å²) in [4.78, 5) is 3.90. The first-order valence-corrected chi connectivity index (χ1v) is 4.54. The summed E-state index contributed by atoms with van der Waals surface area (Å²) >= 11 is 0. The van der Waals surface area contributed by atoms with Crippen molar-refractivity contribution in [3.8, 4) is 0 Å². The largest absolute Gasteiger partial charge is 0.330 e. The zero-order valence-electron chi connectivity index (χ0n) is 7.70. The van der Waals surface area contributed by atoms with E-state index in [4.69, 9.17) is 5.73 Å². The lowest BCUT2D eigenvalue weighted by Crippen LogP contribution is -2.03. The molecule has 2 nitrogen and oxygen atoms in total. The zero-order valence-corrected chi connectivity index (χ0v) is 7.70. The molecule has 0 radical (unpaired) electrons. The van der Waals surface area contributed by atoms with E-state index in [-0.39, 0.29) is 5.82 Å². The van der Waals surface area contributed by atoms with Crippen LogP contribution >= 0.6 is 0 Å². The summed E-state index contributed by atoms with van der Waals surface area (Å²) in [7, 11) is 0. The van der Waals surface area contributed by atoms with Gasteiger partial charge >= 0.3 is 0 Å². The number of halogens is 1. The van der Waals surface area contributed by atoms with Gasteiger partial charge in [0.05, 0.1) is 0 Å². The topological polar surface area (TPSA) is 38.9 Å². The van der Waals surface area contributed by atoms with Gasteiger partial charge in [0.25, 0.3) is 0 Å². The van der Waals surface area contributed by atoms with Crippen LogP contribution in [0.5, 0.6) is 0 Å². The lowest BCUT2D eigenvalue weighted by Gasteiger charge is -2.05. The SMILES string of the molecule is NCCc1ccc(F)c2cnccc12. The maximum absolute atomic E-state index is 13.3. The van der Waals surface area contributed by atoms with E-state index >= 15 is 0 Å². The van der Waals surface area contributed by atoms with Crippen LogP contribution < -0.4 is 5.73 Å². The molecule has 0 aliphatic heterocycles. The first kappa shape index (κ1) is 9.09. The third-order valence-corrected chi connectivity index (χ3v) is 2.27. The van der Waals surface area contributed by atoms with Gasteiger partial charge in [-0.15, -0.1) is 0 Å². The van der Waals surface area contributed by atoms with Crippen molar-refractivity contribution in [2.45, 2.75) is 6.42 Å². The monoisotopic (exact) mass is 190 g/mol. The van der Waals surface area contributed by atoms with Crippen LogP contribution in [0.3, 0.4) is 0 Å². The summed E-state index contributed by atoms with van der Waals surface area (Å²) < 4.78 is 13.3. The highest BCUT2D eigenvalue weighted by molar-refractivity contribution is 5.85. The molecular formula is C11H11FN2. The van der Waals surface area contributed by atoms with E-state index in [0.29, 0.717) is 11.9 Å². The first-order chi connectivity index (χ1) is 6.83. The third kappa shape index (κ3) is 1.46. The Kier molecular flexibility index (Phi) is 2.41. The van der Waals surface area contributed by atoms with E-state index in [2.05, 4.69) is 4.98 Å². The molecule has 2 rings (SSSR count). The Bertz CT molecular complexity index is 454. The lowest BCUT2D eigenvalue weighted by atomic mass is 10.0. The molecule has 1 aromatic heterocycles. The molecule has 72 valence electrons. The molecule has 0 aliphatic rings. The normalized spacial score (nSPS) is 10.7. The van der Waals surface area contributed by atoms with Gasteiger partial charge in [0.15, 0.2) is 0 Å². The van der Waals surface area contributed by atoms with E-state index in [1.165, 1.54) is 6.07 Å². The highest BCUT2D eigenvalue weighted by Gasteiger charge is 2.04. The number of pyridine rings is 1. The van der Waals surface area contributed by atoms with Crippen LogP contribution in [0.15, 0.2) is 30.6 Å². The molecule has 0 saturated carbocycles. The van der Waals surface area contributed by atoms with Crippen molar-refractivity contribution in [2.24, 2.45) is 5.73 Å². The molecule has 0 atom stereocenters. The fraction of sp³-hybridized carbons (Fsp3) is 0.182. The number of aromatic nitrogens is 1. The predicted octanol–water partition coefficient (Wildman–Crippen LogP) is 1.88. The summed E-state index contributed by atoms with van der Waals surface area (Å²) in [6, 6.07) is 5.07. The Morgan fingerprint density at radius 3 is 2.86 bits per heavy atom. The molecule has 0 bridgehead atoms. The van der Waals surface area contributed by atoms with Crippen molar-refractivity contribution in [1.29, 1.82) is 0 Å². The number of hydrogen-bond donors (Lipinski definition) is 1. The number of rotatable bonds is 2. The van der Waals surface area contributed by atoms with Crippen LogP contribution in [0.1, 0.15) is 5.56 Å². The summed E-state index contributed by atoms with van der Waals surface area (Å²) in [6.07, 6.45) is 3.98. The van der Waals surface area contributed by atoms with Gasteiger partial charge in [0.2, 0.25) is 0 Å². The summed E-state index contributed by atoms with van der Waals surface area (Å²) in [5.74, 6) is -0.228. The Hall–Kier alpha value is -1.48. The van der Waals surface area contributed by atoms with Crippen molar-refractivity contribution >= 4 is 10.8 Å². The molecule has 0 spiro atoms. The maximum atomic E-state index is 13.3. The minimum Gasteiger partial charge on any atom is -0.330 e. The Morgan fingerprint density at radius 1 is 1.21 bits per heavy atom. The van der Waals surface area contributed by atoms with Gasteiger partial charge in [-0.1, -0.05) is 6.07 Å². The molecule has 0 fully saturated rings. The second kappa shape index (κ2) is 3.72. The minimum absolute atomic E-state index is 0.228. The first-order valence-electron chi connectivity index (χ1n) is 4.54. The average Bonchev–Trinajstić information content (AvgIpc) is 2.23. The van der Waals surface area contributed by atoms with Crippen LogP contribution in [0, 0.1) is 5.82 Å². The number of hydrogen-bond acceptors (Lipinski definition) is 2. The fourth-order valence-corrected chi connectivity index (χ4v) is 1.59. The molecule has 0 unspecified atom stereocenters. The quantitative estimate of drug-likeness (QED) is 0.785. The lowest BCUT2D eigenvalue weighted by molar-refractivity contribution is 0.639. The van der Waals surface area contributed by atoms with Gasteiger partial charge in [0, 0.05) is 17.8 Å². The maximum Gasteiger partial charge on any atom is 0.132 e.